The van der Waals surface area contributed by atoms with Crippen molar-refractivity contribution in [3.8, 4) is 0 Å². The van der Waals surface area contributed by atoms with Crippen molar-refractivity contribution in [3.05, 3.63) is 22.0 Å². The minimum Gasteiger partial charge on any atom is -0.481 e. The molecule has 2 heterocycles. The van der Waals surface area contributed by atoms with E-state index in [-0.39, 0.29) is 12.3 Å². The zero-order valence-corrected chi connectivity index (χ0v) is 12.0. The summed E-state index contributed by atoms with van der Waals surface area (Å²) in [7, 11) is 0. The van der Waals surface area contributed by atoms with E-state index in [0.29, 0.717) is 0 Å². The fourth-order valence-corrected chi connectivity index (χ4v) is 3.41. The molecule has 0 saturated heterocycles. The van der Waals surface area contributed by atoms with Crippen molar-refractivity contribution in [3.63, 3.8) is 0 Å². The standard InChI is InChI=1S/C13H18N2O2S/c1-5-9-8(4)18-13-14-12(7(2)3)10(15(9)13)6-11(16)17/h7H,5-6H2,1-4H3,(H,16,17). The summed E-state index contributed by atoms with van der Waals surface area (Å²) in [6, 6.07) is 0. The van der Waals surface area contributed by atoms with Crippen LogP contribution in [0.1, 0.15) is 48.6 Å². The zero-order valence-electron chi connectivity index (χ0n) is 11.1. The van der Waals surface area contributed by atoms with E-state index in [1.165, 1.54) is 10.6 Å². The molecule has 0 aromatic carbocycles. The normalized spacial score (nSPS) is 11.6. The molecule has 0 unspecified atom stereocenters. The van der Waals surface area contributed by atoms with Gasteiger partial charge < -0.3 is 5.11 Å². The van der Waals surface area contributed by atoms with Gasteiger partial charge in [0, 0.05) is 10.6 Å². The third-order valence-electron chi connectivity index (χ3n) is 3.09. The van der Waals surface area contributed by atoms with Crippen LogP contribution in [0.5, 0.6) is 0 Å². The zero-order chi connectivity index (χ0) is 13.4. The summed E-state index contributed by atoms with van der Waals surface area (Å²) in [6.45, 7) is 8.26. The Morgan fingerprint density at radius 1 is 1.44 bits per heavy atom. The number of carboxylic acid groups (broad SMARTS) is 1. The molecule has 4 nitrogen and oxygen atoms in total. The Balaban J connectivity index is 2.72. The number of carbonyl (C=O) groups is 1. The monoisotopic (exact) mass is 266 g/mol. The SMILES string of the molecule is CCc1c(C)sc2nc(C(C)C)c(CC(=O)O)n12. The molecule has 2 aromatic rings. The van der Waals surface area contributed by atoms with Crippen LogP contribution >= 0.6 is 11.3 Å². The highest BCUT2D eigenvalue weighted by atomic mass is 32.1. The van der Waals surface area contributed by atoms with Crippen molar-refractivity contribution in [1.29, 1.82) is 0 Å². The summed E-state index contributed by atoms with van der Waals surface area (Å²) in [5.41, 5.74) is 2.94. The Hall–Kier alpha value is -1.36. The van der Waals surface area contributed by atoms with Crippen LogP contribution in [0.2, 0.25) is 0 Å². The van der Waals surface area contributed by atoms with Crippen molar-refractivity contribution in [2.24, 2.45) is 0 Å². The summed E-state index contributed by atoms with van der Waals surface area (Å²) in [6.07, 6.45) is 0.935. The third-order valence-corrected chi connectivity index (χ3v) is 4.09. The van der Waals surface area contributed by atoms with Gasteiger partial charge in [0.2, 0.25) is 0 Å². The Bertz CT molecular complexity index is 596. The molecular weight excluding hydrogens is 248 g/mol. The number of nitrogens with zero attached hydrogens (tertiary/aromatic N) is 2. The Labute approximate surface area is 110 Å². The van der Waals surface area contributed by atoms with Crippen molar-refractivity contribution in [2.45, 2.75) is 46.5 Å². The number of aliphatic carboxylic acids is 1. The van der Waals surface area contributed by atoms with E-state index in [4.69, 9.17) is 5.11 Å². The second-order valence-corrected chi connectivity index (χ2v) is 5.93. The van der Waals surface area contributed by atoms with Crippen LogP contribution in [0, 0.1) is 6.92 Å². The van der Waals surface area contributed by atoms with Crippen molar-refractivity contribution >= 4 is 22.3 Å². The van der Waals surface area contributed by atoms with Crippen molar-refractivity contribution in [2.75, 3.05) is 0 Å². The molecule has 0 amide bonds. The van der Waals surface area contributed by atoms with Gasteiger partial charge in [-0.05, 0) is 19.3 Å². The minimum absolute atomic E-state index is 0.0395. The molecule has 18 heavy (non-hydrogen) atoms. The van der Waals surface area contributed by atoms with Crippen LogP contribution in [0.25, 0.3) is 4.96 Å². The van der Waals surface area contributed by atoms with Crippen LogP contribution in [-0.2, 0) is 17.6 Å². The molecule has 0 aliphatic heterocycles. The predicted molar refractivity (Wildman–Crippen MR) is 72.6 cm³/mol. The van der Waals surface area contributed by atoms with Gasteiger partial charge in [-0.25, -0.2) is 4.98 Å². The van der Waals surface area contributed by atoms with Crippen LogP contribution in [0.15, 0.2) is 0 Å². The number of carboxylic acids is 1. The highest BCUT2D eigenvalue weighted by molar-refractivity contribution is 7.17. The highest BCUT2D eigenvalue weighted by Crippen LogP contribution is 2.29. The van der Waals surface area contributed by atoms with Gasteiger partial charge in [-0.15, -0.1) is 11.3 Å². The molecule has 0 atom stereocenters. The number of rotatable bonds is 4. The van der Waals surface area contributed by atoms with Crippen LogP contribution < -0.4 is 0 Å². The smallest absolute Gasteiger partial charge is 0.309 e. The molecule has 0 aliphatic rings. The molecule has 0 aliphatic carbocycles. The quantitative estimate of drug-likeness (QED) is 0.925. The predicted octanol–water partition coefficient (Wildman–Crippen LogP) is 3.02. The number of aromatic nitrogens is 2. The van der Waals surface area contributed by atoms with E-state index >= 15 is 0 Å². The van der Waals surface area contributed by atoms with Gasteiger partial charge >= 0.3 is 5.97 Å². The second-order valence-electron chi connectivity index (χ2n) is 4.75. The average molecular weight is 266 g/mol. The highest BCUT2D eigenvalue weighted by Gasteiger charge is 2.21. The second kappa shape index (κ2) is 4.72. The number of imidazole rings is 1. The molecule has 0 fully saturated rings. The fourth-order valence-electron chi connectivity index (χ4n) is 2.33. The average Bonchev–Trinajstić information content (AvgIpc) is 2.74. The summed E-state index contributed by atoms with van der Waals surface area (Å²) >= 11 is 1.64. The molecule has 2 aromatic heterocycles. The number of hydrogen-bond acceptors (Lipinski definition) is 3. The van der Waals surface area contributed by atoms with E-state index in [0.717, 1.165) is 22.8 Å². The van der Waals surface area contributed by atoms with E-state index < -0.39 is 5.97 Å². The largest absolute Gasteiger partial charge is 0.481 e. The molecular formula is C13H18N2O2S. The summed E-state index contributed by atoms with van der Waals surface area (Å²) in [5.74, 6) is -0.555. The maximum Gasteiger partial charge on any atom is 0.309 e. The van der Waals surface area contributed by atoms with Crippen LogP contribution in [-0.4, -0.2) is 20.5 Å². The van der Waals surface area contributed by atoms with Gasteiger partial charge in [-0.2, -0.15) is 0 Å². The lowest BCUT2D eigenvalue weighted by molar-refractivity contribution is -0.136. The van der Waals surface area contributed by atoms with E-state index in [1.807, 2.05) is 4.40 Å². The van der Waals surface area contributed by atoms with E-state index in [9.17, 15) is 4.79 Å². The summed E-state index contributed by atoms with van der Waals surface area (Å²) in [4.78, 5) is 17.8. The van der Waals surface area contributed by atoms with Gasteiger partial charge in [-0.3, -0.25) is 9.20 Å². The Kier molecular flexibility index (Phi) is 3.43. The minimum atomic E-state index is -0.801. The number of fused-ring (bicyclic) bond motifs is 1. The lowest BCUT2D eigenvalue weighted by atomic mass is 10.1. The first-order valence-electron chi connectivity index (χ1n) is 6.17. The molecule has 0 bridgehead atoms. The van der Waals surface area contributed by atoms with E-state index in [2.05, 4.69) is 32.7 Å². The number of hydrogen-bond donors (Lipinski definition) is 1. The first-order chi connectivity index (χ1) is 8.45. The fraction of sp³-hybridized carbons (Fsp3) is 0.538. The van der Waals surface area contributed by atoms with Gasteiger partial charge in [0.15, 0.2) is 4.96 Å². The van der Waals surface area contributed by atoms with Gasteiger partial charge in [0.25, 0.3) is 0 Å². The van der Waals surface area contributed by atoms with Crippen LogP contribution in [0.4, 0.5) is 0 Å². The molecule has 1 N–H and O–H groups in total. The lowest BCUT2D eigenvalue weighted by Gasteiger charge is -2.06. The molecule has 0 radical (unpaired) electrons. The maximum atomic E-state index is 11.1. The summed E-state index contributed by atoms with van der Waals surface area (Å²) < 4.78 is 2.05. The third kappa shape index (κ3) is 2.03. The summed E-state index contributed by atoms with van der Waals surface area (Å²) in [5, 5.41) is 9.08. The van der Waals surface area contributed by atoms with Crippen LogP contribution in [0.3, 0.4) is 0 Å². The molecule has 2 rings (SSSR count). The Morgan fingerprint density at radius 3 is 2.61 bits per heavy atom. The van der Waals surface area contributed by atoms with Crippen molar-refractivity contribution in [1.82, 2.24) is 9.38 Å². The molecule has 0 spiro atoms. The van der Waals surface area contributed by atoms with Crippen molar-refractivity contribution < 1.29 is 9.90 Å². The van der Waals surface area contributed by atoms with Gasteiger partial charge in [-0.1, -0.05) is 20.8 Å². The molecule has 98 valence electrons. The maximum absolute atomic E-state index is 11.1. The van der Waals surface area contributed by atoms with Gasteiger partial charge in [0.05, 0.1) is 17.8 Å². The van der Waals surface area contributed by atoms with E-state index in [1.54, 1.807) is 11.3 Å². The number of thiazole rings is 1. The first-order valence-corrected chi connectivity index (χ1v) is 6.98. The van der Waals surface area contributed by atoms with Gasteiger partial charge in [0.1, 0.15) is 0 Å². The lowest BCUT2D eigenvalue weighted by Crippen LogP contribution is -2.08. The molecule has 0 saturated carbocycles. The topological polar surface area (TPSA) is 54.6 Å². The number of aryl methyl sites for hydroxylation is 2. The Morgan fingerprint density at radius 2 is 2.11 bits per heavy atom. The first kappa shape index (κ1) is 13.1. The molecule has 5 heteroatoms.